The Morgan fingerprint density at radius 3 is 2.81 bits per heavy atom. The van der Waals surface area contributed by atoms with E-state index in [-0.39, 0.29) is 30.2 Å². The third-order valence-corrected chi connectivity index (χ3v) is 4.52. The first-order valence-electron chi connectivity index (χ1n) is 8.91. The van der Waals surface area contributed by atoms with Crippen molar-refractivity contribution in [3.8, 4) is 11.4 Å². The van der Waals surface area contributed by atoms with Gasteiger partial charge in [0.15, 0.2) is 0 Å². The number of para-hydroxylation sites is 1. The van der Waals surface area contributed by atoms with Crippen molar-refractivity contribution in [3.05, 3.63) is 71.9 Å². The molecule has 0 bridgehead atoms. The molecule has 4 rings (SSSR count). The molecule has 5 nitrogen and oxygen atoms in total. The van der Waals surface area contributed by atoms with Gasteiger partial charge in [0.2, 0.25) is 5.91 Å². The van der Waals surface area contributed by atoms with Gasteiger partial charge in [0, 0.05) is 17.9 Å². The SMILES string of the molecule is CC(C)Oc1ccccc1[C@H]1CC(=O)Nc2c1ncn2-c1cccc(F)c1. The zero-order valence-corrected chi connectivity index (χ0v) is 15.1. The summed E-state index contributed by atoms with van der Waals surface area (Å²) < 4.78 is 21.3. The Bertz CT molecular complexity index is 997. The first-order chi connectivity index (χ1) is 13.0. The van der Waals surface area contributed by atoms with Crippen LogP contribution in [0.15, 0.2) is 54.9 Å². The maximum absolute atomic E-state index is 13.6. The number of rotatable bonds is 4. The van der Waals surface area contributed by atoms with E-state index in [2.05, 4.69) is 10.3 Å². The molecule has 1 N–H and O–H groups in total. The average molecular weight is 365 g/mol. The molecule has 27 heavy (non-hydrogen) atoms. The number of nitrogens with one attached hydrogen (secondary N) is 1. The summed E-state index contributed by atoms with van der Waals surface area (Å²) in [5.41, 5.74) is 2.28. The molecule has 3 aromatic rings. The summed E-state index contributed by atoms with van der Waals surface area (Å²) in [5, 5.41) is 2.88. The van der Waals surface area contributed by atoms with Gasteiger partial charge >= 0.3 is 0 Å². The standard InChI is InChI=1S/C21H20FN3O2/c1-13(2)27-18-9-4-3-8-16(18)17-11-19(26)24-21-20(17)23-12-25(21)15-7-5-6-14(22)10-15/h3-10,12-13,17H,11H2,1-2H3,(H,24,26)/t17-/m1/s1. The van der Waals surface area contributed by atoms with Crippen molar-refractivity contribution in [2.75, 3.05) is 5.32 Å². The number of aromatic nitrogens is 2. The molecule has 0 saturated heterocycles. The lowest BCUT2D eigenvalue weighted by atomic mass is 9.89. The monoisotopic (exact) mass is 365 g/mol. The fourth-order valence-corrected chi connectivity index (χ4v) is 3.42. The normalized spacial score (nSPS) is 16.1. The second kappa shape index (κ2) is 6.87. The molecule has 0 spiro atoms. The number of ether oxygens (including phenoxy) is 1. The van der Waals surface area contributed by atoms with Crippen molar-refractivity contribution in [3.63, 3.8) is 0 Å². The lowest BCUT2D eigenvalue weighted by molar-refractivity contribution is -0.116. The Hall–Kier alpha value is -3.15. The number of halogens is 1. The van der Waals surface area contributed by atoms with Crippen molar-refractivity contribution in [1.82, 2.24) is 9.55 Å². The summed E-state index contributed by atoms with van der Waals surface area (Å²) in [6.45, 7) is 3.93. The topological polar surface area (TPSA) is 56.1 Å². The van der Waals surface area contributed by atoms with E-state index in [0.717, 1.165) is 17.0 Å². The Labute approximate surface area is 156 Å². The molecule has 1 amide bonds. The molecule has 138 valence electrons. The highest BCUT2D eigenvalue weighted by molar-refractivity contribution is 5.94. The van der Waals surface area contributed by atoms with E-state index >= 15 is 0 Å². The predicted molar refractivity (Wildman–Crippen MR) is 101 cm³/mol. The van der Waals surface area contributed by atoms with Gasteiger partial charge in [0.25, 0.3) is 0 Å². The summed E-state index contributed by atoms with van der Waals surface area (Å²) in [5.74, 6) is 0.646. The number of benzene rings is 2. The van der Waals surface area contributed by atoms with Crippen LogP contribution in [-0.4, -0.2) is 21.6 Å². The Morgan fingerprint density at radius 2 is 2.04 bits per heavy atom. The summed E-state index contributed by atoms with van der Waals surface area (Å²) in [7, 11) is 0. The van der Waals surface area contributed by atoms with Crippen LogP contribution in [0.3, 0.4) is 0 Å². The van der Waals surface area contributed by atoms with E-state index in [1.54, 1.807) is 23.0 Å². The van der Waals surface area contributed by atoms with Gasteiger partial charge in [-0.2, -0.15) is 0 Å². The number of carbonyl (C=O) groups is 1. The zero-order valence-electron chi connectivity index (χ0n) is 15.1. The number of hydrogen-bond acceptors (Lipinski definition) is 3. The van der Waals surface area contributed by atoms with Crippen LogP contribution in [0.25, 0.3) is 5.69 Å². The molecule has 1 aliphatic rings. The van der Waals surface area contributed by atoms with Crippen molar-refractivity contribution < 1.29 is 13.9 Å². The molecule has 0 fully saturated rings. The molecule has 1 aromatic heterocycles. The van der Waals surface area contributed by atoms with Crippen LogP contribution in [0.5, 0.6) is 5.75 Å². The number of anilines is 1. The smallest absolute Gasteiger partial charge is 0.226 e. The minimum absolute atomic E-state index is 0.0212. The van der Waals surface area contributed by atoms with E-state index in [0.29, 0.717) is 11.5 Å². The number of carbonyl (C=O) groups excluding carboxylic acids is 1. The van der Waals surface area contributed by atoms with E-state index in [1.165, 1.54) is 12.1 Å². The highest BCUT2D eigenvalue weighted by Gasteiger charge is 2.32. The van der Waals surface area contributed by atoms with Gasteiger partial charge in [-0.15, -0.1) is 0 Å². The van der Waals surface area contributed by atoms with Crippen LogP contribution in [0.1, 0.15) is 37.4 Å². The van der Waals surface area contributed by atoms with E-state index in [4.69, 9.17) is 4.74 Å². The first kappa shape index (κ1) is 17.3. The predicted octanol–water partition coefficient (Wildman–Crippen LogP) is 4.27. The number of fused-ring (bicyclic) bond motifs is 1. The average Bonchev–Trinajstić information content (AvgIpc) is 3.05. The lowest BCUT2D eigenvalue weighted by Crippen LogP contribution is -2.25. The summed E-state index contributed by atoms with van der Waals surface area (Å²) >= 11 is 0. The molecular formula is C21H20FN3O2. The van der Waals surface area contributed by atoms with Crippen molar-refractivity contribution in [1.29, 1.82) is 0 Å². The fourth-order valence-electron chi connectivity index (χ4n) is 3.42. The van der Waals surface area contributed by atoms with Crippen LogP contribution >= 0.6 is 0 Å². The molecule has 2 aromatic carbocycles. The van der Waals surface area contributed by atoms with Gasteiger partial charge in [-0.3, -0.25) is 9.36 Å². The van der Waals surface area contributed by atoms with Gasteiger partial charge in [-0.05, 0) is 38.1 Å². The molecule has 1 atom stereocenters. The number of amides is 1. The van der Waals surface area contributed by atoms with Crippen LogP contribution in [0.2, 0.25) is 0 Å². The van der Waals surface area contributed by atoms with Crippen LogP contribution in [0, 0.1) is 5.82 Å². The van der Waals surface area contributed by atoms with E-state index in [9.17, 15) is 9.18 Å². The molecular weight excluding hydrogens is 345 g/mol. The van der Waals surface area contributed by atoms with Crippen molar-refractivity contribution in [2.45, 2.75) is 32.3 Å². The van der Waals surface area contributed by atoms with Crippen LogP contribution < -0.4 is 10.1 Å². The minimum Gasteiger partial charge on any atom is -0.491 e. The molecule has 1 aliphatic heterocycles. The maximum Gasteiger partial charge on any atom is 0.226 e. The van der Waals surface area contributed by atoms with Gasteiger partial charge in [0.05, 0.1) is 17.5 Å². The van der Waals surface area contributed by atoms with Gasteiger partial charge < -0.3 is 10.1 Å². The first-order valence-corrected chi connectivity index (χ1v) is 8.91. The Balaban J connectivity index is 1.81. The molecule has 6 heteroatoms. The van der Waals surface area contributed by atoms with E-state index < -0.39 is 0 Å². The second-order valence-electron chi connectivity index (χ2n) is 6.84. The molecule has 0 unspecified atom stereocenters. The van der Waals surface area contributed by atoms with Crippen molar-refractivity contribution in [2.24, 2.45) is 0 Å². The fraction of sp³-hybridized carbons (Fsp3) is 0.238. The maximum atomic E-state index is 13.6. The molecule has 2 heterocycles. The largest absolute Gasteiger partial charge is 0.491 e. The van der Waals surface area contributed by atoms with Gasteiger partial charge in [-0.25, -0.2) is 9.37 Å². The number of nitrogens with zero attached hydrogens (tertiary/aromatic N) is 2. The Kier molecular flexibility index (Phi) is 4.39. The second-order valence-corrected chi connectivity index (χ2v) is 6.84. The summed E-state index contributed by atoms with van der Waals surface area (Å²) in [6, 6.07) is 13.9. The number of hydrogen-bond donors (Lipinski definition) is 1. The third-order valence-electron chi connectivity index (χ3n) is 4.52. The highest BCUT2D eigenvalue weighted by Crippen LogP contribution is 2.40. The molecule has 0 aliphatic carbocycles. The van der Waals surface area contributed by atoms with Crippen LogP contribution in [-0.2, 0) is 4.79 Å². The highest BCUT2D eigenvalue weighted by atomic mass is 19.1. The van der Waals surface area contributed by atoms with E-state index in [1.807, 2.05) is 38.1 Å². The summed E-state index contributed by atoms with van der Waals surface area (Å²) in [4.78, 5) is 17.0. The number of imidazole rings is 1. The molecule has 0 radical (unpaired) electrons. The third kappa shape index (κ3) is 3.30. The minimum atomic E-state index is -0.343. The zero-order chi connectivity index (χ0) is 19.0. The van der Waals surface area contributed by atoms with Gasteiger partial charge in [-0.1, -0.05) is 24.3 Å². The van der Waals surface area contributed by atoms with Crippen LogP contribution in [0.4, 0.5) is 10.2 Å². The Morgan fingerprint density at radius 1 is 1.22 bits per heavy atom. The lowest BCUT2D eigenvalue weighted by Gasteiger charge is -2.25. The van der Waals surface area contributed by atoms with Crippen molar-refractivity contribution >= 4 is 11.7 Å². The van der Waals surface area contributed by atoms with Gasteiger partial charge in [0.1, 0.15) is 23.7 Å². The molecule has 0 saturated carbocycles. The summed E-state index contributed by atoms with van der Waals surface area (Å²) in [6.07, 6.45) is 1.92. The quantitative estimate of drug-likeness (QED) is 0.751.